The van der Waals surface area contributed by atoms with Crippen LogP contribution >= 0.6 is 11.6 Å². The molecule has 0 amide bonds. The normalized spacial score (nSPS) is 11.9. The van der Waals surface area contributed by atoms with Gasteiger partial charge in [-0.2, -0.15) is 0 Å². The minimum atomic E-state index is -0.388. The third-order valence-electron chi connectivity index (χ3n) is 3.06. The zero-order chi connectivity index (χ0) is 14.5. The van der Waals surface area contributed by atoms with Crippen molar-refractivity contribution in [2.75, 3.05) is 7.11 Å². The van der Waals surface area contributed by atoms with E-state index in [0.717, 1.165) is 5.56 Å². The third-order valence-corrected chi connectivity index (χ3v) is 3.45. The molecule has 0 aliphatic heterocycles. The molecule has 0 radical (unpaired) electrons. The molecule has 0 spiro atoms. The molecule has 5 heteroatoms. The molecule has 0 saturated heterocycles. The van der Waals surface area contributed by atoms with Crippen LogP contribution in [0.5, 0.6) is 5.75 Å². The highest BCUT2D eigenvalue weighted by Crippen LogP contribution is 2.34. The molecule has 0 heterocycles. The molecule has 20 heavy (non-hydrogen) atoms. The van der Waals surface area contributed by atoms with Crippen LogP contribution in [0.15, 0.2) is 48.5 Å². The first-order chi connectivity index (χ1) is 9.63. The maximum absolute atomic E-state index is 11.0. The number of ether oxygens (including phenoxy) is 1. The molecule has 0 bridgehead atoms. The van der Waals surface area contributed by atoms with Crippen molar-refractivity contribution >= 4 is 17.3 Å². The van der Waals surface area contributed by atoms with Crippen molar-refractivity contribution in [2.24, 2.45) is 0 Å². The van der Waals surface area contributed by atoms with Crippen molar-refractivity contribution in [1.29, 1.82) is 0 Å². The third kappa shape index (κ3) is 3.08. The number of benzene rings is 2. The van der Waals surface area contributed by atoms with Gasteiger partial charge in [0.25, 0.3) is 5.69 Å². The van der Waals surface area contributed by atoms with Gasteiger partial charge < -0.3 is 4.74 Å². The summed E-state index contributed by atoms with van der Waals surface area (Å²) in [5, 5.41) is 10.6. The summed E-state index contributed by atoms with van der Waals surface area (Å²) in [5.74, 6) is 0.686. The fraction of sp³-hybridized carbons (Fsp3) is 0.200. The summed E-state index contributed by atoms with van der Waals surface area (Å²) < 4.78 is 5.26. The second-order valence-corrected chi connectivity index (χ2v) is 4.83. The Bertz CT molecular complexity index is 616. The number of nitro groups is 1. The van der Waals surface area contributed by atoms with E-state index in [0.29, 0.717) is 17.7 Å². The van der Waals surface area contributed by atoms with Crippen molar-refractivity contribution < 1.29 is 9.66 Å². The summed E-state index contributed by atoms with van der Waals surface area (Å²) in [6.07, 6.45) is 0.374. The van der Waals surface area contributed by atoms with Gasteiger partial charge in [-0.05, 0) is 12.5 Å². The number of methoxy groups -OCH3 is 1. The average Bonchev–Trinajstić information content (AvgIpc) is 2.47. The second-order valence-electron chi connectivity index (χ2n) is 4.30. The van der Waals surface area contributed by atoms with Crippen LogP contribution in [-0.4, -0.2) is 12.0 Å². The summed E-state index contributed by atoms with van der Waals surface area (Å²) >= 11 is 6.40. The monoisotopic (exact) mass is 291 g/mol. The van der Waals surface area contributed by atoms with Gasteiger partial charge in [0.2, 0.25) is 0 Å². The van der Waals surface area contributed by atoms with Gasteiger partial charge in [-0.25, -0.2) is 0 Å². The van der Waals surface area contributed by atoms with E-state index in [2.05, 4.69) is 0 Å². The van der Waals surface area contributed by atoms with E-state index in [9.17, 15) is 10.1 Å². The van der Waals surface area contributed by atoms with Gasteiger partial charge in [0, 0.05) is 17.2 Å². The van der Waals surface area contributed by atoms with E-state index in [1.807, 2.05) is 24.3 Å². The standard InChI is InChI=1S/C15H14ClNO3/c1-20-15-9-5-3-7-12(15)13(16)10-11-6-2-4-8-14(11)17(18)19/h2-9,13H,10H2,1H3. The van der Waals surface area contributed by atoms with Crippen LogP contribution in [0.2, 0.25) is 0 Å². The average molecular weight is 292 g/mol. The van der Waals surface area contributed by atoms with Gasteiger partial charge in [0.05, 0.1) is 17.4 Å². The first kappa shape index (κ1) is 14.3. The van der Waals surface area contributed by atoms with E-state index in [1.54, 1.807) is 25.3 Å². The van der Waals surface area contributed by atoms with E-state index < -0.39 is 0 Å². The fourth-order valence-corrected chi connectivity index (χ4v) is 2.44. The molecule has 0 aliphatic rings. The second kappa shape index (κ2) is 6.39. The van der Waals surface area contributed by atoms with Gasteiger partial charge in [-0.3, -0.25) is 10.1 Å². The first-order valence-electron chi connectivity index (χ1n) is 6.12. The highest BCUT2D eigenvalue weighted by atomic mass is 35.5. The number of hydrogen-bond acceptors (Lipinski definition) is 3. The number of para-hydroxylation sites is 2. The van der Waals surface area contributed by atoms with Crippen LogP contribution in [0.25, 0.3) is 0 Å². The maximum Gasteiger partial charge on any atom is 0.272 e. The number of alkyl halides is 1. The lowest BCUT2D eigenvalue weighted by Crippen LogP contribution is -2.02. The van der Waals surface area contributed by atoms with Crippen molar-refractivity contribution in [2.45, 2.75) is 11.8 Å². The van der Waals surface area contributed by atoms with Gasteiger partial charge >= 0.3 is 0 Å². The van der Waals surface area contributed by atoms with Crippen molar-refractivity contribution in [1.82, 2.24) is 0 Å². The molecular formula is C15H14ClNO3. The smallest absolute Gasteiger partial charge is 0.272 e. The Hall–Kier alpha value is -2.07. The molecule has 0 aromatic heterocycles. The molecule has 1 atom stereocenters. The Morgan fingerprint density at radius 2 is 1.85 bits per heavy atom. The lowest BCUT2D eigenvalue weighted by molar-refractivity contribution is -0.385. The highest BCUT2D eigenvalue weighted by Gasteiger charge is 2.19. The molecule has 0 N–H and O–H groups in total. The largest absolute Gasteiger partial charge is 0.496 e. The fourth-order valence-electron chi connectivity index (χ4n) is 2.09. The number of rotatable bonds is 5. The van der Waals surface area contributed by atoms with E-state index in [4.69, 9.17) is 16.3 Å². The predicted molar refractivity (Wildman–Crippen MR) is 78.4 cm³/mol. The van der Waals surface area contributed by atoms with Crippen molar-refractivity contribution in [3.05, 3.63) is 69.8 Å². The van der Waals surface area contributed by atoms with E-state index in [-0.39, 0.29) is 16.0 Å². The van der Waals surface area contributed by atoms with Gasteiger partial charge in [-0.15, -0.1) is 11.6 Å². The molecule has 0 fully saturated rings. The Balaban J connectivity index is 2.28. The molecule has 4 nitrogen and oxygen atoms in total. The van der Waals surface area contributed by atoms with E-state index in [1.165, 1.54) is 6.07 Å². The summed E-state index contributed by atoms with van der Waals surface area (Å²) in [6.45, 7) is 0. The Morgan fingerprint density at radius 3 is 2.55 bits per heavy atom. The van der Waals surface area contributed by atoms with Crippen LogP contribution < -0.4 is 4.74 Å². The van der Waals surface area contributed by atoms with Crippen molar-refractivity contribution in [3.8, 4) is 5.75 Å². The zero-order valence-corrected chi connectivity index (χ0v) is 11.7. The summed E-state index contributed by atoms with van der Waals surface area (Å²) in [4.78, 5) is 10.6. The van der Waals surface area contributed by atoms with Crippen molar-refractivity contribution in [3.63, 3.8) is 0 Å². The lowest BCUT2D eigenvalue weighted by atomic mass is 10.0. The van der Waals surface area contributed by atoms with Crippen LogP contribution in [0.1, 0.15) is 16.5 Å². The SMILES string of the molecule is COc1ccccc1C(Cl)Cc1ccccc1[N+](=O)[O-]. The highest BCUT2D eigenvalue weighted by molar-refractivity contribution is 6.21. The first-order valence-corrected chi connectivity index (χ1v) is 6.56. The van der Waals surface area contributed by atoms with Crippen LogP contribution in [0.3, 0.4) is 0 Å². The number of hydrogen-bond donors (Lipinski definition) is 0. The Kier molecular flexibility index (Phi) is 4.58. The molecule has 0 saturated carbocycles. The number of nitrogens with zero attached hydrogens (tertiary/aromatic N) is 1. The summed E-state index contributed by atoms with van der Waals surface area (Å²) in [5.41, 5.74) is 1.53. The Morgan fingerprint density at radius 1 is 1.20 bits per heavy atom. The maximum atomic E-state index is 11.0. The van der Waals surface area contributed by atoms with E-state index >= 15 is 0 Å². The van der Waals surface area contributed by atoms with Gasteiger partial charge in [0.1, 0.15) is 5.75 Å². The molecule has 2 aromatic carbocycles. The van der Waals surface area contributed by atoms with Crippen LogP contribution in [0.4, 0.5) is 5.69 Å². The minimum Gasteiger partial charge on any atom is -0.496 e. The molecule has 2 aromatic rings. The quantitative estimate of drug-likeness (QED) is 0.473. The summed E-state index contributed by atoms with van der Waals surface area (Å²) in [6, 6.07) is 14.0. The van der Waals surface area contributed by atoms with Crippen LogP contribution in [-0.2, 0) is 6.42 Å². The molecule has 1 unspecified atom stereocenters. The number of halogens is 1. The molecule has 104 valence electrons. The lowest BCUT2D eigenvalue weighted by Gasteiger charge is -2.14. The van der Waals surface area contributed by atoms with Gasteiger partial charge in [-0.1, -0.05) is 36.4 Å². The predicted octanol–water partition coefficient (Wildman–Crippen LogP) is 4.13. The molecule has 2 rings (SSSR count). The minimum absolute atomic E-state index is 0.0908. The Labute approximate surface area is 122 Å². The zero-order valence-electron chi connectivity index (χ0n) is 11.0. The topological polar surface area (TPSA) is 52.4 Å². The molecule has 0 aliphatic carbocycles. The molecular weight excluding hydrogens is 278 g/mol. The van der Waals surface area contributed by atoms with Crippen LogP contribution in [0, 0.1) is 10.1 Å². The number of nitro benzene ring substituents is 1. The summed E-state index contributed by atoms with van der Waals surface area (Å²) in [7, 11) is 1.58. The van der Waals surface area contributed by atoms with Gasteiger partial charge in [0.15, 0.2) is 0 Å².